The number of aliphatic hydroxyl groups excluding tert-OH is 1. The Morgan fingerprint density at radius 2 is 1.86 bits per heavy atom. The van der Waals surface area contributed by atoms with Gasteiger partial charge in [-0.2, -0.15) is 0 Å². The number of carbonyl (C=O) groups is 1. The highest BCUT2D eigenvalue weighted by Crippen LogP contribution is 2.28. The summed E-state index contributed by atoms with van der Waals surface area (Å²) >= 11 is 0. The summed E-state index contributed by atoms with van der Waals surface area (Å²) < 4.78 is 13.0. The molecule has 1 aromatic carbocycles. The Morgan fingerprint density at radius 3 is 2.45 bits per heavy atom. The summed E-state index contributed by atoms with van der Waals surface area (Å²) in [6.45, 7) is 5.38. The Kier molecular flexibility index (Phi) is 4.56. The van der Waals surface area contributed by atoms with Gasteiger partial charge in [-0.05, 0) is 23.8 Å². The number of amides is 1. The smallest absolute Gasteiger partial charge is 0.230 e. The number of hydrogen-bond acceptors (Lipinski definition) is 3. The van der Waals surface area contributed by atoms with Gasteiger partial charge in [-0.25, -0.2) is 9.37 Å². The predicted molar refractivity (Wildman–Crippen MR) is 82.8 cm³/mol. The molecule has 4 nitrogen and oxygen atoms in total. The second-order valence-corrected chi connectivity index (χ2v) is 6.10. The van der Waals surface area contributed by atoms with Crippen LogP contribution in [0.3, 0.4) is 0 Å². The molecule has 22 heavy (non-hydrogen) atoms. The van der Waals surface area contributed by atoms with Gasteiger partial charge in [0.2, 0.25) is 5.91 Å². The van der Waals surface area contributed by atoms with E-state index in [1.807, 2.05) is 0 Å². The van der Waals surface area contributed by atoms with Crippen LogP contribution in [-0.4, -0.2) is 16.0 Å². The first-order chi connectivity index (χ1) is 10.3. The second kappa shape index (κ2) is 6.23. The van der Waals surface area contributed by atoms with E-state index >= 15 is 0 Å². The molecule has 1 heterocycles. The van der Waals surface area contributed by atoms with Gasteiger partial charge in [-0.1, -0.05) is 39.0 Å². The molecule has 0 saturated carbocycles. The van der Waals surface area contributed by atoms with Gasteiger partial charge in [0.15, 0.2) is 0 Å². The molecular formula is C17H19FN2O2. The minimum Gasteiger partial charge on any atom is -0.384 e. The van der Waals surface area contributed by atoms with E-state index in [1.54, 1.807) is 39.1 Å². The van der Waals surface area contributed by atoms with Crippen molar-refractivity contribution in [2.24, 2.45) is 5.41 Å². The number of aliphatic hydroxyl groups is 1. The van der Waals surface area contributed by atoms with Crippen LogP contribution in [-0.2, 0) is 4.79 Å². The van der Waals surface area contributed by atoms with E-state index in [2.05, 4.69) is 10.3 Å². The third-order valence-corrected chi connectivity index (χ3v) is 3.23. The monoisotopic (exact) mass is 302 g/mol. The number of nitrogens with one attached hydrogen (secondary N) is 1. The normalized spacial score (nSPS) is 12.8. The van der Waals surface area contributed by atoms with E-state index in [0.29, 0.717) is 16.9 Å². The van der Waals surface area contributed by atoms with Gasteiger partial charge in [0.25, 0.3) is 0 Å². The third kappa shape index (κ3) is 3.68. The van der Waals surface area contributed by atoms with E-state index in [1.165, 1.54) is 24.3 Å². The molecule has 0 aliphatic carbocycles. The predicted octanol–water partition coefficient (Wildman–Crippen LogP) is 3.29. The van der Waals surface area contributed by atoms with Crippen LogP contribution in [0.4, 0.5) is 10.2 Å². The minimum absolute atomic E-state index is 0.196. The molecule has 2 rings (SSSR count). The van der Waals surface area contributed by atoms with Gasteiger partial charge in [-0.15, -0.1) is 0 Å². The minimum atomic E-state index is -0.996. The first-order valence-corrected chi connectivity index (χ1v) is 6.99. The van der Waals surface area contributed by atoms with Crippen molar-refractivity contribution < 1.29 is 14.3 Å². The van der Waals surface area contributed by atoms with Gasteiger partial charge in [0.05, 0.1) is 0 Å². The molecule has 0 spiro atoms. The number of hydrogen-bond donors (Lipinski definition) is 2. The molecule has 1 aromatic heterocycles. The van der Waals surface area contributed by atoms with E-state index in [0.717, 1.165) is 0 Å². The highest BCUT2D eigenvalue weighted by atomic mass is 19.1. The Hall–Kier alpha value is -2.27. The zero-order chi connectivity index (χ0) is 16.3. The average molecular weight is 302 g/mol. The Labute approximate surface area is 129 Å². The number of aromatic nitrogens is 1. The number of nitrogens with zero attached hydrogens (tertiary/aromatic N) is 1. The van der Waals surface area contributed by atoms with Gasteiger partial charge in [-0.3, -0.25) is 4.79 Å². The molecule has 0 bridgehead atoms. The van der Waals surface area contributed by atoms with E-state index < -0.39 is 11.5 Å². The molecule has 116 valence electrons. The quantitative estimate of drug-likeness (QED) is 0.914. The fraction of sp³-hybridized carbons (Fsp3) is 0.294. The van der Waals surface area contributed by atoms with Crippen LogP contribution < -0.4 is 5.32 Å². The summed E-state index contributed by atoms with van der Waals surface area (Å²) in [5, 5.41) is 13.2. The van der Waals surface area contributed by atoms with Crippen LogP contribution in [0.2, 0.25) is 0 Å². The Bertz CT molecular complexity index is 663. The highest BCUT2D eigenvalue weighted by Gasteiger charge is 2.24. The molecule has 0 saturated heterocycles. The molecule has 0 aliphatic heterocycles. The number of benzene rings is 1. The number of anilines is 1. The number of halogens is 1. The number of pyridine rings is 1. The van der Waals surface area contributed by atoms with Crippen molar-refractivity contribution >= 4 is 11.7 Å². The largest absolute Gasteiger partial charge is 0.384 e. The zero-order valence-corrected chi connectivity index (χ0v) is 12.8. The molecule has 2 N–H and O–H groups in total. The van der Waals surface area contributed by atoms with Gasteiger partial charge in [0.1, 0.15) is 17.7 Å². The van der Waals surface area contributed by atoms with E-state index in [-0.39, 0.29) is 11.7 Å². The van der Waals surface area contributed by atoms with E-state index in [9.17, 15) is 14.3 Å². The summed E-state index contributed by atoms with van der Waals surface area (Å²) in [5.74, 6) is -0.263. The summed E-state index contributed by atoms with van der Waals surface area (Å²) in [4.78, 5) is 16.2. The standard InChI is InChI=1S/C17H19FN2O2/c1-17(2,3)16(22)20-15-13(5-4-10-19-15)14(21)11-6-8-12(18)9-7-11/h4-10,14,21H,1-3H3,(H,19,20,22). The molecule has 0 aliphatic rings. The van der Waals surface area contributed by atoms with Gasteiger partial charge < -0.3 is 10.4 Å². The maximum Gasteiger partial charge on any atom is 0.230 e. The summed E-state index contributed by atoms with van der Waals surface area (Å²) in [6.07, 6.45) is 0.545. The summed E-state index contributed by atoms with van der Waals surface area (Å²) in [6, 6.07) is 8.92. The van der Waals surface area contributed by atoms with Crippen LogP contribution in [0.1, 0.15) is 38.0 Å². The van der Waals surface area contributed by atoms with Crippen molar-refractivity contribution in [2.75, 3.05) is 5.32 Å². The third-order valence-electron chi connectivity index (χ3n) is 3.23. The topological polar surface area (TPSA) is 62.2 Å². The van der Waals surface area contributed by atoms with Gasteiger partial charge in [0, 0.05) is 17.2 Å². The van der Waals surface area contributed by atoms with Crippen molar-refractivity contribution in [1.29, 1.82) is 0 Å². The molecule has 5 heteroatoms. The SMILES string of the molecule is CC(C)(C)C(=O)Nc1ncccc1C(O)c1ccc(F)cc1. The van der Waals surface area contributed by atoms with Crippen LogP contribution >= 0.6 is 0 Å². The molecule has 1 unspecified atom stereocenters. The van der Waals surface area contributed by atoms with Crippen molar-refractivity contribution in [2.45, 2.75) is 26.9 Å². The highest BCUT2D eigenvalue weighted by molar-refractivity contribution is 5.94. The lowest BCUT2D eigenvalue weighted by molar-refractivity contribution is -0.123. The lowest BCUT2D eigenvalue weighted by atomic mass is 9.95. The summed E-state index contributed by atoms with van der Waals surface area (Å²) in [5.41, 5.74) is 0.419. The Balaban J connectivity index is 2.31. The molecule has 0 radical (unpaired) electrons. The Morgan fingerprint density at radius 1 is 1.23 bits per heavy atom. The number of carbonyl (C=O) groups excluding carboxylic acids is 1. The second-order valence-electron chi connectivity index (χ2n) is 6.10. The van der Waals surface area contributed by atoms with Crippen molar-refractivity contribution in [3.05, 3.63) is 59.5 Å². The van der Waals surface area contributed by atoms with Crippen LogP contribution in [0, 0.1) is 11.2 Å². The molecule has 1 amide bonds. The van der Waals surface area contributed by atoms with E-state index in [4.69, 9.17) is 0 Å². The van der Waals surface area contributed by atoms with Crippen molar-refractivity contribution in [1.82, 2.24) is 4.98 Å². The van der Waals surface area contributed by atoms with Crippen LogP contribution in [0.15, 0.2) is 42.6 Å². The van der Waals surface area contributed by atoms with Crippen LogP contribution in [0.25, 0.3) is 0 Å². The fourth-order valence-electron chi connectivity index (χ4n) is 1.86. The maximum absolute atomic E-state index is 13.0. The zero-order valence-electron chi connectivity index (χ0n) is 12.8. The molecule has 1 atom stereocenters. The first-order valence-electron chi connectivity index (χ1n) is 6.99. The first kappa shape index (κ1) is 16.1. The number of rotatable bonds is 3. The summed E-state index contributed by atoms with van der Waals surface area (Å²) in [7, 11) is 0. The molecule has 2 aromatic rings. The molecule has 0 fully saturated rings. The lowest BCUT2D eigenvalue weighted by Crippen LogP contribution is -2.28. The molecular weight excluding hydrogens is 283 g/mol. The van der Waals surface area contributed by atoms with Crippen molar-refractivity contribution in [3.63, 3.8) is 0 Å². The average Bonchev–Trinajstić information content (AvgIpc) is 2.47. The van der Waals surface area contributed by atoms with Crippen molar-refractivity contribution in [3.8, 4) is 0 Å². The van der Waals surface area contributed by atoms with Gasteiger partial charge >= 0.3 is 0 Å². The maximum atomic E-state index is 13.0. The fourth-order valence-corrected chi connectivity index (χ4v) is 1.86. The lowest BCUT2D eigenvalue weighted by Gasteiger charge is -2.20. The van der Waals surface area contributed by atoms with Crippen LogP contribution in [0.5, 0.6) is 0 Å².